The molecule has 1 fully saturated rings. The lowest BCUT2D eigenvalue weighted by Crippen LogP contribution is -2.47. The monoisotopic (exact) mass is 314 g/mol. The summed E-state index contributed by atoms with van der Waals surface area (Å²) in [7, 11) is 0. The Bertz CT molecular complexity index is 493. The molecule has 2 rings (SSSR count). The maximum Gasteiger partial charge on any atom is 0.406 e. The van der Waals surface area contributed by atoms with Gasteiger partial charge in [-0.2, -0.15) is 13.2 Å². The van der Waals surface area contributed by atoms with Gasteiger partial charge in [0.1, 0.15) is 9.34 Å². The number of likely N-dealkylation sites (tertiary alicyclic amines) is 1. The number of carbonyl (C=O) groups is 1. The zero-order valence-electron chi connectivity index (χ0n) is 9.58. The van der Waals surface area contributed by atoms with E-state index in [1.165, 1.54) is 22.4 Å². The standard InChI is InChI=1S/C10H10ClF3N2O2S/c11-6-3-15-7(19-6)4-16-2-1-9(5-16,8(17)18)10(12,13)14/h3H,1-2,4-5H2,(H,17,18). The number of nitrogens with zero attached hydrogens (tertiary/aromatic N) is 2. The van der Waals surface area contributed by atoms with Gasteiger partial charge in [-0.25, -0.2) is 4.98 Å². The van der Waals surface area contributed by atoms with Crippen LogP contribution in [0.5, 0.6) is 0 Å². The van der Waals surface area contributed by atoms with Gasteiger partial charge in [0.2, 0.25) is 0 Å². The lowest BCUT2D eigenvalue weighted by atomic mass is 9.86. The smallest absolute Gasteiger partial charge is 0.406 e. The Morgan fingerprint density at radius 1 is 1.63 bits per heavy atom. The van der Waals surface area contributed by atoms with Crippen LogP contribution in [0.2, 0.25) is 4.34 Å². The molecule has 0 spiro atoms. The molecule has 0 bridgehead atoms. The number of alkyl halides is 3. The summed E-state index contributed by atoms with van der Waals surface area (Å²) in [5.74, 6) is -1.82. The second-order valence-corrected chi connectivity index (χ2v) is 6.15. The third-order valence-corrected chi connectivity index (χ3v) is 4.28. The van der Waals surface area contributed by atoms with Crippen LogP contribution < -0.4 is 0 Å². The van der Waals surface area contributed by atoms with Crippen LogP contribution in [0.1, 0.15) is 11.4 Å². The number of carboxylic acid groups (broad SMARTS) is 1. The fourth-order valence-electron chi connectivity index (χ4n) is 2.10. The molecule has 1 N–H and O–H groups in total. The average molecular weight is 315 g/mol. The largest absolute Gasteiger partial charge is 0.481 e. The van der Waals surface area contributed by atoms with E-state index in [4.69, 9.17) is 16.7 Å². The van der Waals surface area contributed by atoms with E-state index >= 15 is 0 Å². The molecule has 1 aliphatic rings. The lowest BCUT2D eigenvalue weighted by Gasteiger charge is -2.27. The van der Waals surface area contributed by atoms with Crippen molar-refractivity contribution in [3.05, 3.63) is 15.5 Å². The molecule has 0 radical (unpaired) electrons. The van der Waals surface area contributed by atoms with E-state index in [-0.39, 0.29) is 13.1 Å². The summed E-state index contributed by atoms with van der Waals surface area (Å²) >= 11 is 6.86. The first kappa shape index (κ1) is 14.5. The topological polar surface area (TPSA) is 53.4 Å². The van der Waals surface area contributed by atoms with E-state index in [1.54, 1.807) is 0 Å². The summed E-state index contributed by atoms with van der Waals surface area (Å²) in [6, 6.07) is 0. The van der Waals surface area contributed by atoms with Crippen molar-refractivity contribution in [3.8, 4) is 0 Å². The van der Waals surface area contributed by atoms with Gasteiger partial charge in [-0.15, -0.1) is 11.3 Å². The van der Waals surface area contributed by atoms with Crippen molar-refractivity contribution in [2.24, 2.45) is 5.41 Å². The number of aromatic nitrogens is 1. The highest BCUT2D eigenvalue weighted by molar-refractivity contribution is 7.15. The van der Waals surface area contributed by atoms with Crippen LogP contribution in [0.4, 0.5) is 13.2 Å². The molecule has 1 atom stereocenters. The molecule has 1 aliphatic heterocycles. The minimum Gasteiger partial charge on any atom is -0.481 e. The van der Waals surface area contributed by atoms with Crippen LogP contribution in [0.25, 0.3) is 0 Å². The first-order valence-electron chi connectivity index (χ1n) is 5.37. The van der Waals surface area contributed by atoms with E-state index in [1.807, 2.05) is 0 Å². The van der Waals surface area contributed by atoms with E-state index < -0.39 is 30.5 Å². The van der Waals surface area contributed by atoms with Gasteiger partial charge in [0, 0.05) is 13.1 Å². The molecule has 19 heavy (non-hydrogen) atoms. The predicted molar refractivity (Wildman–Crippen MR) is 63.1 cm³/mol. The summed E-state index contributed by atoms with van der Waals surface area (Å²) in [5.41, 5.74) is -2.67. The van der Waals surface area contributed by atoms with Gasteiger partial charge in [-0.05, 0) is 6.42 Å². The molecule has 0 aromatic carbocycles. The zero-order chi connectivity index (χ0) is 14.3. The quantitative estimate of drug-likeness (QED) is 0.932. The first-order chi connectivity index (χ1) is 8.74. The minimum absolute atomic E-state index is 0.0724. The number of carboxylic acids is 1. The highest BCUT2D eigenvalue weighted by Crippen LogP contribution is 2.46. The number of hydrogen-bond donors (Lipinski definition) is 1. The molecule has 0 aliphatic carbocycles. The fourth-order valence-corrected chi connectivity index (χ4v) is 3.10. The van der Waals surface area contributed by atoms with Crippen molar-refractivity contribution in [2.75, 3.05) is 13.1 Å². The Hall–Kier alpha value is -0.860. The maximum atomic E-state index is 12.9. The fraction of sp³-hybridized carbons (Fsp3) is 0.600. The maximum absolute atomic E-state index is 12.9. The molecule has 1 saturated heterocycles. The average Bonchev–Trinajstić information content (AvgIpc) is 2.85. The molecule has 4 nitrogen and oxygen atoms in total. The van der Waals surface area contributed by atoms with E-state index in [0.29, 0.717) is 9.34 Å². The number of rotatable bonds is 3. The van der Waals surface area contributed by atoms with Gasteiger partial charge in [0.05, 0.1) is 12.7 Å². The second kappa shape index (κ2) is 4.92. The summed E-state index contributed by atoms with van der Waals surface area (Å²) in [4.78, 5) is 16.4. The summed E-state index contributed by atoms with van der Waals surface area (Å²) < 4.78 is 39.3. The van der Waals surface area contributed by atoms with Gasteiger partial charge < -0.3 is 5.11 Å². The van der Waals surface area contributed by atoms with Crippen molar-refractivity contribution in [1.82, 2.24) is 9.88 Å². The minimum atomic E-state index is -4.76. The molecule has 0 amide bonds. The molecule has 2 heterocycles. The highest BCUT2D eigenvalue weighted by Gasteiger charge is 2.63. The third kappa shape index (κ3) is 2.70. The predicted octanol–water partition coefficient (Wildman–Crippen LogP) is 2.64. The van der Waals surface area contributed by atoms with Crippen LogP contribution in [-0.4, -0.2) is 40.2 Å². The Morgan fingerprint density at radius 3 is 2.74 bits per heavy atom. The Labute approximate surface area is 115 Å². The SMILES string of the molecule is O=C(O)C1(C(F)(F)F)CCN(Cc2ncc(Cl)s2)C1. The van der Waals surface area contributed by atoms with Gasteiger partial charge in [-0.3, -0.25) is 9.69 Å². The highest BCUT2D eigenvalue weighted by atomic mass is 35.5. The normalized spacial score (nSPS) is 24.8. The van der Waals surface area contributed by atoms with E-state index in [0.717, 1.165) is 0 Å². The zero-order valence-corrected chi connectivity index (χ0v) is 11.1. The van der Waals surface area contributed by atoms with Crippen molar-refractivity contribution in [2.45, 2.75) is 19.1 Å². The second-order valence-electron chi connectivity index (χ2n) is 4.40. The molecule has 9 heteroatoms. The van der Waals surface area contributed by atoms with Crippen molar-refractivity contribution >= 4 is 28.9 Å². The van der Waals surface area contributed by atoms with Crippen LogP contribution >= 0.6 is 22.9 Å². The lowest BCUT2D eigenvalue weighted by molar-refractivity contribution is -0.227. The van der Waals surface area contributed by atoms with Crippen LogP contribution in [0, 0.1) is 5.41 Å². The molecular weight excluding hydrogens is 305 g/mol. The van der Waals surface area contributed by atoms with Crippen LogP contribution in [0.3, 0.4) is 0 Å². The summed E-state index contributed by atoms with van der Waals surface area (Å²) in [5, 5.41) is 9.48. The summed E-state index contributed by atoms with van der Waals surface area (Å²) in [6.07, 6.45) is -3.77. The Morgan fingerprint density at radius 2 is 2.32 bits per heavy atom. The van der Waals surface area contributed by atoms with Crippen LogP contribution in [-0.2, 0) is 11.3 Å². The molecule has 0 saturated carbocycles. The molecular formula is C10H10ClF3N2O2S. The van der Waals surface area contributed by atoms with Gasteiger partial charge in [-0.1, -0.05) is 11.6 Å². The number of aliphatic carboxylic acids is 1. The third-order valence-electron chi connectivity index (χ3n) is 3.18. The Balaban J connectivity index is 2.11. The molecule has 1 unspecified atom stereocenters. The molecule has 1 aromatic rings. The van der Waals surface area contributed by atoms with Crippen LogP contribution in [0.15, 0.2) is 6.20 Å². The van der Waals surface area contributed by atoms with E-state index in [2.05, 4.69) is 4.98 Å². The van der Waals surface area contributed by atoms with Crippen molar-refractivity contribution < 1.29 is 23.1 Å². The molecule has 106 valence electrons. The van der Waals surface area contributed by atoms with Crippen molar-refractivity contribution in [1.29, 1.82) is 0 Å². The number of hydrogen-bond acceptors (Lipinski definition) is 4. The van der Waals surface area contributed by atoms with Gasteiger partial charge in [0.25, 0.3) is 0 Å². The Kier molecular flexibility index (Phi) is 3.76. The number of halogens is 4. The molecule has 1 aromatic heterocycles. The first-order valence-corrected chi connectivity index (χ1v) is 6.57. The van der Waals surface area contributed by atoms with Gasteiger partial charge in [0.15, 0.2) is 5.41 Å². The van der Waals surface area contributed by atoms with Gasteiger partial charge >= 0.3 is 12.1 Å². The van der Waals surface area contributed by atoms with Crippen molar-refractivity contribution in [3.63, 3.8) is 0 Å². The number of thiazole rings is 1. The van der Waals surface area contributed by atoms with E-state index in [9.17, 15) is 18.0 Å². The summed E-state index contributed by atoms with van der Waals surface area (Å²) in [6.45, 7) is -0.297.